The first-order chi connectivity index (χ1) is 10.6. The van der Waals surface area contributed by atoms with Gasteiger partial charge in [0, 0.05) is 37.8 Å². The number of aromatic nitrogens is 1. The maximum Gasteiger partial charge on any atom is 0.0933 e. The summed E-state index contributed by atoms with van der Waals surface area (Å²) < 4.78 is 0. The molecule has 0 unspecified atom stereocenters. The van der Waals surface area contributed by atoms with E-state index in [4.69, 9.17) is 0 Å². The van der Waals surface area contributed by atoms with E-state index in [1.807, 2.05) is 12.3 Å². The van der Waals surface area contributed by atoms with Gasteiger partial charge in [-0.2, -0.15) is 0 Å². The molecule has 2 aromatic rings. The lowest BCUT2D eigenvalue weighted by Crippen LogP contribution is -2.35. The van der Waals surface area contributed by atoms with Crippen LogP contribution in [0.25, 0.3) is 10.9 Å². The van der Waals surface area contributed by atoms with Crippen molar-refractivity contribution in [3.8, 4) is 0 Å². The summed E-state index contributed by atoms with van der Waals surface area (Å²) in [5, 5.41) is 4.75. The zero-order valence-electron chi connectivity index (χ0n) is 14.3. The van der Waals surface area contributed by atoms with Gasteiger partial charge in [-0.25, -0.2) is 0 Å². The second-order valence-corrected chi connectivity index (χ2v) is 6.85. The van der Waals surface area contributed by atoms with Crippen LogP contribution in [0.15, 0.2) is 36.5 Å². The summed E-state index contributed by atoms with van der Waals surface area (Å²) in [6.07, 6.45) is 1.86. The predicted molar refractivity (Wildman–Crippen MR) is 96.3 cm³/mol. The zero-order valence-corrected chi connectivity index (χ0v) is 14.3. The third kappa shape index (κ3) is 4.99. The number of rotatable bonds is 8. The van der Waals surface area contributed by atoms with Crippen LogP contribution in [0.2, 0.25) is 0 Å². The average molecular weight is 299 g/mol. The van der Waals surface area contributed by atoms with Gasteiger partial charge in [0.15, 0.2) is 0 Å². The molecule has 1 N–H and O–H groups in total. The lowest BCUT2D eigenvalue weighted by atomic mass is 10.1. The van der Waals surface area contributed by atoms with Crippen molar-refractivity contribution < 1.29 is 0 Å². The molecular weight excluding hydrogens is 270 g/mol. The number of nitrogens with one attached hydrogen (secondary N) is 1. The van der Waals surface area contributed by atoms with Crippen LogP contribution in [-0.4, -0.2) is 36.1 Å². The minimum Gasteiger partial charge on any atom is -0.382 e. The van der Waals surface area contributed by atoms with Crippen molar-refractivity contribution in [1.29, 1.82) is 0 Å². The van der Waals surface area contributed by atoms with Crippen molar-refractivity contribution in [2.45, 2.75) is 27.7 Å². The summed E-state index contributed by atoms with van der Waals surface area (Å²) in [6, 6.07) is 10.4. The molecular formula is C19H29N3. The monoisotopic (exact) mass is 299 g/mol. The second kappa shape index (κ2) is 8.14. The quantitative estimate of drug-likeness (QED) is 0.789. The number of anilines is 1. The first-order valence-corrected chi connectivity index (χ1v) is 8.36. The molecule has 120 valence electrons. The minimum atomic E-state index is 0.706. The molecule has 0 aliphatic heterocycles. The molecule has 1 heterocycles. The van der Waals surface area contributed by atoms with Crippen LogP contribution in [0, 0.1) is 11.8 Å². The van der Waals surface area contributed by atoms with Gasteiger partial charge in [-0.1, -0.05) is 45.9 Å². The number of para-hydroxylation sites is 1. The molecule has 0 spiro atoms. The van der Waals surface area contributed by atoms with E-state index in [2.05, 4.69) is 67.2 Å². The van der Waals surface area contributed by atoms with E-state index in [0.717, 1.165) is 37.4 Å². The van der Waals surface area contributed by atoms with Gasteiger partial charge in [0.25, 0.3) is 0 Å². The maximum absolute atomic E-state index is 4.50. The van der Waals surface area contributed by atoms with E-state index in [1.165, 1.54) is 5.39 Å². The van der Waals surface area contributed by atoms with Gasteiger partial charge >= 0.3 is 0 Å². The summed E-state index contributed by atoms with van der Waals surface area (Å²) in [7, 11) is 0. The van der Waals surface area contributed by atoms with Crippen LogP contribution in [0.4, 0.5) is 5.69 Å². The van der Waals surface area contributed by atoms with E-state index in [0.29, 0.717) is 11.8 Å². The van der Waals surface area contributed by atoms with Crippen LogP contribution in [0.1, 0.15) is 27.7 Å². The largest absolute Gasteiger partial charge is 0.382 e. The van der Waals surface area contributed by atoms with E-state index < -0.39 is 0 Å². The topological polar surface area (TPSA) is 28.2 Å². The van der Waals surface area contributed by atoms with Crippen LogP contribution in [0.3, 0.4) is 0 Å². The van der Waals surface area contributed by atoms with Crippen LogP contribution >= 0.6 is 0 Å². The zero-order chi connectivity index (χ0) is 15.9. The Morgan fingerprint density at radius 3 is 2.36 bits per heavy atom. The summed E-state index contributed by atoms with van der Waals surface area (Å²) in [4.78, 5) is 7.06. The van der Waals surface area contributed by atoms with Gasteiger partial charge in [-0.3, -0.25) is 4.98 Å². The van der Waals surface area contributed by atoms with Gasteiger partial charge in [0.1, 0.15) is 0 Å². The summed E-state index contributed by atoms with van der Waals surface area (Å²) in [5.41, 5.74) is 2.19. The number of benzene rings is 1. The highest BCUT2D eigenvalue weighted by Crippen LogP contribution is 2.20. The fourth-order valence-electron chi connectivity index (χ4n) is 2.89. The Morgan fingerprint density at radius 1 is 1.00 bits per heavy atom. The van der Waals surface area contributed by atoms with Gasteiger partial charge in [0.2, 0.25) is 0 Å². The number of fused-ring (bicyclic) bond motifs is 1. The number of hydrogen-bond donors (Lipinski definition) is 1. The van der Waals surface area contributed by atoms with Crippen LogP contribution in [-0.2, 0) is 0 Å². The maximum atomic E-state index is 4.50. The standard InChI is InChI=1S/C19H29N3/c1-15(2)13-22(14-16(3)4)12-11-20-18-9-5-7-17-8-6-10-21-19(17)18/h5-10,15-16,20H,11-14H2,1-4H3. The molecule has 22 heavy (non-hydrogen) atoms. The molecule has 1 aromatic heterocycles. The summed E-state index contributed by atoms with van der Waals surface area (Å²) >= 11 is 0. The van der Waals surface area contributed by atoms with E-state index in [1.54, 1.807) is 0 Å². The Balaban J connectivity index is 1.95. The van der Waals surface area contributed by atoms with Crippen LogP contribution < -0.4 is 5.32 Å². The molecule has 0 bridgehead atoms. The Bertz CT molecular complexity index is 562. The molecule has 0 saturated carbocycles. The fraction of sp³-hybridized carbons (Fsp3) is 0.526. The first-order valence-electron chi connectivity index (χ1n) is 8.36. The molecule has 1 aromatic carbocycles. The van der Waals surface area contributed by atoms with Crippen molar-refractivity contribution in [3.63, 3.8) is 0 Å². The Kier molecular flexibility index (Phi) is 6.20. The first kappa shape index (κ1) is 16.8. The minimum absolute atomic E-state index is 0.706. The predicted octanol–water partition coefficient (Wildman–Crippen LogP) is 4.26. The van der Waals surface area contributed by atoms with Gasteiger partial charge < -0.3 is 10.2 Å². The van der Waals surface area contributed by atoms with Gasteiger partial charge in [-0.05, 0) is 24.0 Å². The summed E-state index contributed by atoms with van der Waals surface area (Å²) in [6.45, 7) is 13.5. The lowest BCUT2D eigenvalue weighted by molar-refractivity contribution is 0.227. The Hall–Kier alpha value is -1.61. The number of nitrogens with zero attached hydrogens (tertiary/aromatic N) is 2. The molecule has 0 amide bonds. The van der Waals surface area contributed by atoms with Crippen molar-refractivity contribution in [3.05, 3.63) is 36.5 Å². The highest BCUT2D eigenvalue weighted by Gasteiger charge is 2.09. The third-order valence-corrected chi connectivity index (χ3v) is 3.62. The second-order valence-electron chi connectivity index (χ2n) is 6.85. The number of pyridine rings is 1. The van der Waals surface area contributed by atoms with Crippen molar-refractivity contribution in [2.75, 3.05) is 31.5 Å². The Morgan fingerprint density at radius 2 is 1.68 bits per heavy atom. The van der Waals surface area contributed by atoms with Gasteiger partial charge in [-0.15, -0.1) is 0 Å². The Labute approximate surface area is 134 Å². The molecule has 0 radical (unpaired) electrons. The molecule has 0 fully saturated rings. The van der Waals surface area contributed by atoms with Gasteiger partial charge in [0.05, 0.1) is 11.2 Å². The molecule has 0 aliphatic rings. The van der Waals surface area contributed by atoms with E-state index in [9.17, 15) is 0 Å². The molecule has 0 saturated heterocycles. The SMILES string of the molecule is CC(C)CN(CCNc1cccc2cccnc12)CC(C)C. The van der Waals surface area contributed by atoms with E-state index in [-0.39, 0.29) is 0 Å². The van der Waals surface area contributed by atoms with Crippen molar-refractivity contribution in [2.24, 2.45) is 11.8 Å². The van der Waals surface area contributed by atoms with Crippen LogP contribution in [0.5, 0.6) is 0 Å². The van der Waals surface area contributed by atoms with E-state index >= 15 is 0 Å². The normalized spacial score (nSPS) is 11.8. The van der Waals surface area contributed by atoms with Crippen molar-refractivity contribution >= 4 is 16.6 Å². The third-order valence-electron chi connectivity index (χ3n) is 3.62. The fourth-order valence-corrected chi connectivity index (χ4v) is 2.89. The average Bonchev–Trinajstić information content (AvgIpc) is 2.46. The number of hydrogen-bond acceptors (Lipinski definition) is 3. The smallest absolute Gasteiger partial charge is 0.0933 e. The molecule has 2 rings (SSSR count). The molecule has 3 nitrogen and oxygen atoms in total. The van der Waals surface area contributed by atoms with Crippen molar-refractivity contribution in [1.82, 2.24) is 9.88 Å². The highest BCUT2D eigenvalue weighted by molar-refractivity contribution is 5.90. The highest BCUT2D eigenvalue weighted by atomic mass is 15.1. The lowest BCUT2D eigenvalue weighted by Gasteiger charge is -2.26. The molecule has 3 heteroatoms. The summed E-state index contributed by atoms with van der Waals surface area (Å²) in [5.74, 6) is 1.41. The molecule has 0 atom stereocenters. The molecule has 0 aliphatic carbocycles.